The summed E-state index contributed by atoms with van der Waals surface area (Å²) in [6.07, 6.45) is 2.16. The molecule has 2 aliphatic heterocycles. The molecule has 0 N–H and O–H groups in total. The number of fused-ring (bicyclic) bond motifs is 1. The number of hydrogen-bond acceptors (Lipinski definition) is 5. The Labute approximate surface area is 135 Å². The highest BCUT2D eigenvalue weighted by Crippen LogP contribution is 2.16. The van der Waals surface area contributed by atoms with E-state index in [1.165, 1.54) is 0 Å². The maximum absolute atomic E-state index is 12.6. The summed E-state index contributed by atoms with van der Waals surface area (Å²) < 4.78 is 7.10. The molecule has 1 aromatic rings. The van der Waals surface area contributed by atoms with Crippen molar-refractivity contribution in [3.05, 3.63) is 11.6 Å². The van der Waals surface area contributed by atoms with E-state index in [0.717, 1.165) is 30.9 Å². The number of nitrogens with zero attached hydrogens (tertiary/aromatic N) is 5. The molecule has 2 aliphatic rings. The monoisotopic (exact) mass is 321 g/mol. The van der Waals surface area contributed by atoms with Gasteiger partial charge in [0.1, 0.15) is 17.8 Å². The molecule has 1 saturated heterocycles. The lowest BCUT2D eigenvalue weighted by atomic mass is 10.2. The average Bonchev–Trinajstić information content (AvgIpc) is 2.82. The molecular weight excluding hydrogens is 298 g/mol. The highest BCUT2D eigenvalue weighted by molar-refractivity contribution is 5.87. The van der Waals surface area contributed by atoms with Crippen LogP contribution in [0, 0.1) is 6.92 Å². The minimum Gasteiger partial charge on any atom is -0.372 e. The number of methoxy groups -OCH3 is 1. The molecule has 8 nitrogen and oxygen atoms in total. The van der Waals surface area contributed by atoms with Crippen molar-refractivity contribution in [3.8, 4) is 0 Å². The van der Waals surface area contributed by atoms with E-state index in [-0.39, 0.29) is 18.4 Å². The van der Waals surface area contributed by atoms with Gasteiger partial charge in [0.2, 0.25) is 5.91 Å². The topological polar surface area (TPSA) is 80.6 Å². The molecule has 3 rings (SSSR count). The fourth-order valence-electron chi connectivity index (χ4n) is 3.18. The van der Waals surface area contributed by atoms with Crippen molar-refractivity contribution in [1.29, 1.82) is 0 Å². The first kappa shape index (κ1) is 15.9. The third-order valence-electron chi connectivity index (χ3n) is 4.46. The summed E-state index contributed by atoms with van der Waals surface area (Å²) in [5, 5.41) is 4.29. The smallest absolute Gasteiger partial charge is 0.252 e. The minimum absolute atomic E-state index is 0.0398. The van der Waals surface area contributed by atoms with E-state index in [2.05, 4.69) is 10.1 Å². The Morgan fingerprint density at radius 1 is 1.30 bits per heavy atom. The maximum Gasteiger partial charge on any atom is 0.252 e. The Morgan fingerprint density at radius 3 is 2.91 bits per heavy atom. The van der Waals surface area contributed by atoms with Gasteiger partial charge in [-0.05, 0) is 26.2 Å². The molecule has 8 heteroatoms. The van der Waals surface area contributed by atoms with Crippen molar-refractivity contribution >= 4 is 11.8 Å². The summed E-state index contributed by atoms with van der Waals surface area (Å²) in [6.45, 7) is 4.29. The zero-order valence-corrected chi connectivity index (χ0v) is 13.7. The summed E-state index contributed by atoms with van der Waals surface area (Å²) >= 11 is 0. The van der Waals surface area contributed by atoms with Crippen molar-refractivity contribution in [2.24, 2.45) is 0 Å². The first-order valence-electron chi connectivity index (χ1n) is 8.08. The highest BCUT2D eigenvalue weighted by atomic mass is 16.5. The normalized spacial score (nSPS) is 22.0. The van der Waals surface area contributed by atoms with Crippen LogP contribution in [0.5, 0.6) is 0 Å². The van der Waals surface area contributed by atoms with Gasteiger partial charge in [0.25, 0.3) is 5.91 Å². The number of carbonyl (C=O) groups is 2. The lowest BCUT2D eigenvalue weighted by Crippen LogP contribution is -2.47. The number of carbonyl (C=O) groups excluding carboxylic acids is 2. The third-order valence-corrected chi connectivity index (χ3v) is 4.46. The summed E-state index contributed by atoms with van der Waals surface area (Å²) in [6, 6.07) is 0. The second-order valence-corrected chi connectivity index (χ2v) is 6.09. The van der Waals surface area contributed by atoms with Crippen molar-refractivity contribution < 1.29 is 14.3 Å². The number of aromatic nitrogens is 3. The number of likely N-dealkylation sites (tertiary alicyclic amines) is 1. The molecule has 0 aliphatic carbocycles. The van der Waals surface area contributed by atoms with Crippen molar-refractivity contribution in [2.45, 2.75) is 45.4 Å². The van der Waals surface area contributed by atoms with Crippen LogP contribution in [0.1, 0.15) is 30.9 Å². The van der Waals surface area contributed by atoms with E-state index in [1.54, 1.807) is 16.9 Å². The van der Waals surface area contributed by atoms with Crippen LogP contribution in [0.2, 0.25) is 0 Å². The van der Waals surface area contributed by atoms with Gasteiger partial charge in [-0.3, -0.25) is 9.59 Å². The van der Waals surface area contributed by atoms with E-state index >= 15 is 0 Å². The first-order chi connectivity index (χ1) is 11.1. The predicted molar refractivity (Wildman–Crippen MR) is 81.4 cm³/mol. The van der Waals surface area contributed by atoms with Crippen LogP contribution in [0.25, 0.3) is 0 Å². The average molecular weight is 321 g/mol. The molecule has 0 bridgehead atoms. The number of rotatable bonds is 3. The molecule has 0 radical (unpaired) electrons. The van der Waals surface area contributed by atoms with Gasteiger partial charge in [-0.25, -0.2) is 9.67 Å². The second-order valence-electron chi connectivity index (χ2n) is 6.09. The lowest BCUT2D eigenvalue weighted by molar-refractivity contribution is -0.147. The first-order valence-corrected chi connectivity index (χ1v) is 8.08. The fourth-order valence-corrected chi connectivity index (χ4v) is 3.18. The molecule has 0 aromatic carbocycles. The van der Waals surface area contributed by atoms with Crippen molar-refractivity contribution in [2.75, 3.05) is 26.7 Å². The number of amides is 2. The second kappa shape index (κ2) is 6.66. The van der Waals surface area contributed by atoms with Crippen LogP contribution in [-0.2, 0) is 27.4 Å². The van der Waals surface area contributed by atoms with E-state index < -0.39 is 6.10 Å². The predicted octanol–water partition coefficient (Wildman–Crippen LogP) is -0.0438. The molecule has 23 heavy (non-hydrogen) atoms. The summed E-state index contributed by atoms with van der Waals surface area (Å²) in [4.78, 5) is 32.7. The van der Waals surface area contributed by atoms with Crippen LogP contribution in [0.3, 0.4) is 0 Å². The summed E-state index contributed by atoms with van der Waals surface area (Å²) in [7, 11) is 1.55. The molecule has 1 atom stereocenters. The molecule has 1 unspecified atom stereocenters. The van der Waals surface area contributed by atoms with Gasteiger partial charge in [0.15, 0.2) is 0 Å². The van der Waals surface area contributed by atoms with Gasteiger partial charge in [-0.15, -0.1) is 0 Å². The lowest BCUT2D eigenvalue weighted by Gasteiger charge is -2.30. The Bertz CT molecular complexity index is 600. The van der Waals surface area contributed by atoms with Gasteiger partial charge in [-0.1, -0.05) is 0 Å². The van der Waals surface area contributed by atoms with Crippen LogP contribution < -0.4 is 0 Å². The van der Waals surface area contributed by atoms with Gasteiger partial charge >= 0.3 is 0 Å². The molecule has 1 fully saturated rings. The van der Waals surface area contributed by atoms with E-state index in [1.807, 2.05) is 11.6 Å². The Morgan fingerprint density at radius 2 is 2.13 bits per heavy atom. The SMILES string of the molecule is COC1CCCCN(CC(=O)N2CCn3nc(C)nc3C2)C1=O. The zero-order valence-electron chi connectivity index (χ0n) is 13.7. The highest BCUT2D eigenvalue weighted by Gasteiger charge is 2.30. The molecular formula is C15H23N5O3. The van der Waals surface area contributed by atoms with Crippen LogP contribution in [0.4, 0.5) is 0 Å². The third kappa shape index (κ3) is 3.36. The van der Waals surface area contributed by atoms with E-state index in [4.69, 9.17) is 4.74 Å². The Hall–Kier alpha value is -1.96. The van der Waals surface area contributed by atoms with E-state index in [0.29, 0.717) is 26.2 Å². The standard InChI is InChI=1S/C15H23N5O3/c1-11-16-13-9-18(7-8-20(13)17-11)14(21)10-19-6-4-3-5-12(23-2)15(19)22/h12H,3-10H2,1-2H3. The largest absolute Gasteiger partial charge is 0.372 e. The van der Waals surface area contributed by atoms with Crippen molar-refractivity contribution in [3.63, 3.8) is 0 Å². The number of ether oxygens (including phenoxy) is 1. The van der Waals surface area contributed by atoms with Crippen LogP contribution in [0.15, 0.2) is 0 Å². The molecule has 2 amide bonds. The summed E-state index contributed by atoms with van der Waals surface area (Å²) in [5.41, 5.74) is 0. The molecule has 1 aromatic heterocycles. The van der Waals surface area contributed by atoms with Gasteiger partial charge in [-0.2, -0.15) is 5.10 Å². The molecule has 0 saturated carbocycles. The maximum atomic E-state index is 12.6. The van der Waals surface area contributed by atoms with Crippen molar-refractivity contribution in [1.82, 2.24) is 24.6 Å². The Balaban J connectivity index is 1.63. The number of aryl methyl sites for hydroxylation is 1. The molecule has 0 spiro atoms. The van der Waals surface area contributed by atoms with Gasteiger partial charge in [0, 0.05) is 20.2 Å². The van der Waals surface area contributed by atoms with E-state index in [9.17, 15) is 9.59 Å². The quantitative estimate of drug-likeness (QED) is 0.780. The van der Waals surface area contributed by atoms with Gasteiger partial charge in [0.05, 0.1) is 19.6 Å². The van der Waals surface area contributed by atoms with Crippen LogP contribution >= 0.6 is 0 Å². The fraction of sp³-hybridized carbons (Fsp3) is 0.733. The zero-order chi connectivity index (χ0) is 16.4. The molecule has 3 heterocycles. The minimum atomic E-state index is -0.419. The summed E-state index contributed by atoms with van der Waals surface area (Å²) in [5.74, 6) is 1.41. The number of hydrogen-bond donors (Lipinski definition) is 0. The van der Waals surface area contributed by atoms with Gasteiger partial charge < -0.3 is 14.5 Å². The van der Waals surface area contributed by atoms with Crippen LogP contribution in [-0.4, -0.2) is 69.2 Å². The molecule has 126 valence electrons. The Kier molecular flexibility index (Phi) is 4.61.